The third-order valence-electron chi connectivity index (χ3n) is 8.77. The first kappa shape index (κ1) is 19.3. The van der Waals surface area contributed by atoms with E-state index < -0.39 is 0 Å². The van der Waals surface area contributed by atoms with Crippen molar-refractivity contribution in [1.82, 2.24) is 4.90 Å². The Kier molecular flexibility index (Phi) is 4.22. The molecule has 1 saturated heterocycles. The summed E-state index contributed by atoms with van der Waals surface area (Å²) in [5.41, 5.74) is 3.12. The molecule has 5 heteroatoms. The minimum absolute atomic E-state index is 0.0357. The Labute approximate surface area is 183 Å². The summed E-state index contributed by atoms with van der Waals surface area (Å²) in [5.74, 6) is 1.75. The molecule has 2 bridgehead atoms. The van der Waals surface area contributed by atoms with E-state index in [-0.39, 0.29) is 53.4 Å². The number of imide groups is 1. The molecule has 31 heavy (non-hydrogen) atoms. The lowest BCUT2D eigenvalue weighted by Gasteiger charge is -2.37. The topological polar surface area (TPSA) is 66.5 Å². The quantitative estimate of drug-likeness (QED) is 0.599. The van der Waals surface area contributed by atoms with Crippen LogP contribution in [0.4, 0.5) is 5.69 Å². The van der Waals surface area contributed by atoms with E-state index in [4.69, 9.17) is 0 Å². The molecule has 162 valence electrons. The second-order valence-electron chi connectivity index (χ2n) is 10.5. The minimum Gasteiger partial charge on any atom is -0.326 e. The van der Waals surface area contributed by atoms with Crippen molar-refractivity contribution >= 4 is 23.4 Å². The molecule has 0 aromatic heterocycles. The van der Waals surface area contributed by atoms with Gasteiger partial charge in [-0.3, -0.25) is 19.3 Å². The number of hydrogen-bond donors (Lipinski definition) is 1. The van der Waals surface area contributed by atoms with E-state index in [0.717, 1.165) is 36.9 Å². The average Bonchev–Trinajstić information content (AvgIpc) is 3.54. The Bertz CT molecular complexity index is 970. The molecule has 1 aromatic rings. The smallest absolute Gasteiger partial charge is 0.233 e. The van der Waals surface area contributed by atoms with Crippen LogP contribution in [0, 0.1) is 55.3 Å². The van der Waals surface area contributed by atoms with E-state index >= 15 is 0 Å². The van der Waals surface area contributed by atoms with Gasteiger partial charge in [-0.25, -0.2) is 0 Å². The van der Waals surface area contributed by atoms with Crippen LogP contribution in [0.1, 0.15) is 43.2 Å². The fourth-order valence-corrected chi connectivity index (χ4v) is 7.12. The van der Waals surface area contributed by atoms with Crippen molar-refractivity contribution in [2.75, 3.05) is 5.32 Å². The molecule has 0 spiro atoms. The highest BCUT2D eigenvalue weighted by molar-refractivity contribution is 6.06. The van der Waals surface area contributed by atoms with Gasteiger partial charge in [0.1, 0.15) is 0 Å². The SMILES string of the molecule is Cc1ccc(NC(=O)C2CCC(N3C(=O)[C@H]4[C@@H]5C=C[C@@H]([C@H]6C[C@H]56)[C@@H]4C3=O)CC2)c(C)c1. The molecule has 6 atom stereocenters. The molecule has 1 aliphatic heterocycles. The Morgan fingerprint density at radius 3 is 2.13 bits per heavy atom. The van der Waals surface area contributed by atoms with Gasteiger partial charge in [-0.1, -0.05) is 29.8 Å². The maximum atomic E-state index is 13.3. The predicted octanol–water partition coefficient (Wildman–Crippen LogP) is 3.85. The zero-order valence-electron chi connectivity index (χ0n) is 18.2. The molecule has 4 fully saturated rings. The normalized spacial score (nSPS) is 40.0. The number of allylic oxidation sites excluding steroid dienone is 2. The molecule has 6 aliphatic rings. The number of nitrogens with zero attached hydrogens (tertiary/aromatic N) is 1. The number of likely N-dealkylation sites (tertiary alicyclic amines) is 1. The second-order valence-corrected chi connectivity index (χ2v) is 10.5. The van der Waals surface area contributed by atoms with Gasteiger partial charge < -0.3 is 5.32 Å². The molecule has 5 nitrogen and oxygen atoms in total. The van der Waals surface area contributed by atoms with Crippen LogP contribution in [0.25, 0.3) is 0 Å². The minimum atomic E-state index is -0.114. The first-order valence-corrected chi connectivity index (χ1v) is 11.9. The lowest BCUT2D eigenvalue weighted by atomic mass is 9.63. The molecule has 1 aromatic carbocycles. The molecule has 0 unspecified atom stereocenters. The standard InChI is InChI=1S/C26H30N2O3/c1-13-3-10-21(14(2)11-13)27-24(29)15-4-6-16(7-5-15)28-25(30)22-17-8-9-18(20-12-19(17)20)23(22)26(28)31/h3,8-11,15-20,22-23H,4-7,12H2,1-2H3,(H,27,29)/t15?,16?,17-,18+,19-,20-,22+,23+/m1/s1. The van der Waals surface area contributed by atoms with E-state index in [1.165, 1.54) is 12.0 Å². The number of benzene rings is 1. The number of aryl methyl sites for hydroxylation is 2. The summed E-state index contributed by atoms with van der Waals surface area (Å²) < 4.78 is 0. The van der Waals surface area contributed by atoms with Crippen molar-refractivity contribution in [2.45, 2.75) is 52.0 Å². The van der Waals surface area contributed by atoms with Crippen molar-refractivity contribution < 1.29 is 14.4 Å². The van der Waals surface area contributed by atoms with E-state index in [2.05, 4.69) is 23.5 Å². The molecule has 0 radical (unpaired) electrons. The van der Waals surface area contributed by atoms with Gasteiger partial charge in [0.15, 0.2) is 0 Å². The van der Waals surface area contributed by atoms with Crippen molar-refractivity contribution in [3.05, 3.63) is 41.5 Å². The summed E-state index contributed by atoms with van der Waals surface area (Å²) >= 11 is 0. The van der Waals surface area contributed by atoms with Gasteiger partial charge in [0.2, 0.25) is 17.7 Å². The Morgan fingerprint density at radius 2 is 1.55 bits per heavy atom. The summed E-state index contributed by atoms with van der Waals surface area (Å²) in [4.78, 5) is 41.1. The third kappa shape index (κ3) is 2.85. The maximum Gasteiger partial charge on any atom is 0.233 e. The maximum absolute atomic E-state index is 13.3. The van der Waals surface area contributed by atoms with Crippen molar-refractivity contribution in [3.63, 3.8) is 0 Å². The molecule has 3 saturated carbocycles. The number of hydrogen-bond acceptors (Lipinski definition) is 3. The zero-order chi connectivity index (χ0) is 21.4. The van der Waals surface area contributed by atoms with Crippen LogP contribution in [-0.2, 0) is 14.4 Å². The summed E-state index contributed by atoms with van der Waals surface area (Å²) in [6.07, 6.45) is 8.56. The first-order chi connectivity index (χ1) is 14.9. The fourth-order valence-electron chi connectivity index (χ4n) is 7.12. The largest absolute Gasteiger partial charge is 0.326 e. The number of anilines is 1. The van der Waals surface area contributed by atoms with E-state index in [0.29, 0.717) is 11.8 Å². The number of carbonyl (C=O) groups is 3. The Balaban J connectivity index is 1.11. The monoisotopic (exact) mass is 418 g/mol. The number of carbonyl (C=O) groups excluding carboxylic acids is 3. The summed E-state index contributed by atoms with van der Waals surface area (Å²) in [6, 6.07) is 6.01. The molecule has 3 amide bonds. The highest BCUT2D eigenvalue weighted by Crippen LogP contribution is 2.65. The van der Waals surface area contributed by atoms with Crippen LogP contribution in [0.2, 0.25) is 0 Å². The molecular formula is C26H30N2O3. The van der Waals surface area contributed by atoms with Crippen molar-refractivity contribution in [1.29, 1.82) is 0 Å². The number of rotatable bonds is 3. The van der Waals surface area contributed by atoms with Gasteiger partial charge in [-0.2, -0.15) is 0 Å². The highest BCUT2D eigenvalue weighted by Gasteiger charge is 2.67. The van der Waals surface area contributed by atoms with Gasteiger partial charge in [-0.05, 0) is 81.3 Å². The molecular weight excluding hydrogens is 388 g/mol. The fraction of sp³-hybridized carbons (Fsp3) is 0.577. The van der Waals surface area contributed by atoms with Crippen molar-refractivity contribution in [3.8, 4) is 0 Å². The third-order valence-corrected chi connectivity index (χ3v) is 8.77. The number of amides is 3. The Morgan fingerprint density at radius 1 is 0.935 bits per heavy atom. The predicted molar refractivity (Wildman–Crippen MR) is 117 cm³/mol. The van der Waals surface area contributed by atoms with Gasteiger partial charge in [-0.15, -0.1) is 0 Å². The van der Waals surface area contributed by atoms with Gasteiger partial charge >= 0.3 is 0 Å². The summed E-state index contributed by atoms with van der Waals surface area (Å²) in [6.45, 7) is 4.05. The van der Waals surface area contributed by atoms with Crippen LogP contribution >= 0.6 is 0 Å². The van der Waals surface area contributed by atoms with Gasteiger partial charge in [0.05, 0.1) is 11.8 Å². The average molecular weight is 419 g/mol. The summed E-state index contributed by atoms with van der Waals surface area (Å²) in [7, 11) is 0. The van der Waals surface area contributed by atoms with Gasteiger partial charge in [0.25, 0.3) is 0 Å². The molecule has 5 aliphatic carbocycles. The lowest BCUT2D eigenvalue weighted by molar-refractivity contribution is -0.144. The lowest BCUT2D eigenvalue weighted by Crippen LogP contribution is -2.44. The van der Waals surface area contributed by atoms with E-state index in [1.54, 1.807) is 4.90 Å². The summed E-state index contributed by atoms with van der Waals surface area (Å²) in [5, 5.41) is 3.08. The van der Waals surface area contributed by atoms with Crippen LogP contribution in [-0.4, -0.2) is 28.7 Å². The Hall–Kier alpha value is -2.43. The van der Waals surface area contributed by atoms with Crippen LogP contribution in [0.5, 0.6) is 0 Å². The second kappa shape index (κ2) is 6.78. The van der Waals surface area contributed by atoms with Crippen LogP contribution in [0.15, 0.2) is 30.4 Å². The zero-order valence-corrected chi connectivity index (χ0v) is 18.2. The van der Waals surface area contributed by atoms with Gasteiger partial charge in [0, 0.05) is 17.6 Å². The van der Waals surface area contributed by atoms with Crippen molar-refractivity contribution in [2.24, 2.45) is 41.4 Å². The molecule has 1 N–H and O–H groups in total. The van der Waals surface area contributed by atoms with E-state index in [9.17, 15) is 14.4 Å². The first-order valence-electron chi connectivity index (χ1n) is 11.9. The van der Waals surface area contributed by atoms with Crippen LogP contribution < -0.4 is 5.32 Å². The number of nitrogens with one attached hydrogen (secondary N) is 1. The molecule has 1 heterocycles. The van der Waals surface area contributed by atoms with Crippen LogP contribution in [0.3, 0.4) is 0 Å². The van der Waals surface area contributed by atoms with E-state index in [1.807, 2.05) is 26.0 Å². The molecule has 7 rings (SSSR count). The highest BCUT2D eigenvalue weighted by atomic mass is 16.2.